The van der Waals surface area contributed by atoms with Gasteiger partial charge in [-0.05, 0) is 74.4 Å². The van der Waals surface area contributed by atoms with Crippen molar-refractivity contribution in [2.75, 3.05) is 0 Å². The summed E-state index contributed by atoms with van der Waals surface area (Å²) in [6, 6.07) is 39.8. The van der Waals surface area contributed by atoms with Crippen LogP contribution in [0.4, 0.5) is 0 Å². The quantitative estimate of drug-likeness (QED) is 0.127. The van der Waals surface area contributed by atoms with E-state index in [1.54, 1.807) is 10.9 Å². The molecule has 0 aliphatic carbocycles. The fraction of sp³-hybridized carbons (Fsp3) is 0.250. The maximum atomic E-state index is 6.59. The van der Waals surface area contributed by atoms with Gasteiger partial charge in [-0.1, -0.05) is 129 Å². The molecule has 8 rings (SSSR count). The molecule has 0 N–H and O–H groups in total. The lowest BCUT2D eigenvalue weighted by Crippen LogP contribution is -2.33. The van der Waals surface area contributed by atoms with Crippen LogP contribution in [0.2, 0.25) is 0 Å². The van der Waals surface area contributed by atoms with Gasteiger partial charge >= 0.3 is 0 Å². The Morgan fingerprint density at radius 2 is 1.16 bits per heavy atom. The largest absolute Gasteiger partial charge is 0.458 e. The minimum absolute atomic E-state index is 0.0112. The molecule has 276 valence electrons. The van der Waals surface area contributed by atoms with Crippen LogP contribution in [0.3, 0.4) is 0 Å². The van der Waals surface area contributed by atoms with Crippen molar-refractivity contribution in [1.82, 2.24) is 24.3 Å². The number of aromatic nitrogens is 6. The van der Waals surface area contributed by atoms with Gasteiger partial charge in [-0.3, -0.25) is 9.55 Å². The van der Waals surface area contributed by atoms with Crippen LogP contribution in [0.1, 0.15) is 79.0 Å². The maximum absolute atomic E-state index is 6.59. The molecule has 7 heteroatoms. The highest BCUT2D eigenvalue weighted by molar-refractivity contribution is 6.09. The molecule has 0 saturated heterocycles. The number of hydrogen-bond acceptors (Lipinski definition) is 4. The Kier molecular flexibility index (Phi) is 8.71. The molecule has 0 amide bonds. The zero-order valence-corrected chi connectivity index (χ0v) is 33.2. The second-order valence-corrected chi connectivity index (χ2v) is 17.4. The first kappa shape index (κ1) is 35.9. The van der Waals surface area contributed by atoms with Crippen LogP contribution in [0.5, 0.6) is 11.5 Å². The van der Waals surface area contributed by atoms with Crippen molar-refractivity contribution in [2.24, 2.45) is 0 Å². The molecule has 0 atom stereocenters. The molecule has 0 unspecified atom stereocenters. The van der Waals surface area contributed by atoms with Gasteiger partial charge in [0.2, 0.25) is 12.2 Å². The Bertz CT molecular complexity index is 2650. The van der Waals surface area contributed by atoms with Gasteiger partial charge in [-0.25, -0.2) is 4.98 Å². The van der Waals surface area contributed by atoms with E-state index in [0.717, 1.165) is 44.7 Å². The van der Waals surface area contributed by atoms with Crippen molar-refractivity contribution < 1.29 is 9.30 Å². The van der Waals surface area contributed by atoms with Gasteiger partial charge in [0.15, 0.2) is 5.82 Å². The SMILES string of the molecule is CC(C)(C)c1cc(-[n+]2[c-]n(-c3cc(Oc4ccc5c6ccccc6n(-c6cc(C(C)(C)C)ccn6)c5c4)ccn3)nc2-c2ccccc2)cc(C(C)(C)C)c1. The van der Waals surface area contributed by atoms with Crippen LogP contribution in [-0.4, -0.2) is 24.3 Å². The van der Waals surface area contributed by atoms with Crippen LogP contribution in [-0.2, 0) is 16.2 Å². The summed E-state index contributed by atoms with van der Waals surface area (Å²) < 4.78 is 12.6. The second kappa shape index (κ2) is 13.3. The number of hydrogen-bond donors (Lipinski definition) is 0. The third-order valence-corrected chi connectivity index (χ3v) is 10.2. The lowest BCUT2D eigenvalue weighted by molar-refractivity contribution is -0.589. The second-order valence-electron chi connectivity index (χ2n) is 17.4. The minimum atomic E-state index is -0.0446. The predicted molar refractivity (Wildman–Crippen MR) is 222 cm³/mol. The number of rotatable bonds is 6. The van der Waals surface area contributed by atoms with E-state index < -0.39 is 0 Å². The lowest BCUT2D eigenvalue weighted by atomic mass is 9.80. The minimum Gasteiger partial charge on any atom is -0.458 e. The number of ether oxygens (including phenoxy) is 1. The van der Waals surface area contributed by atoms with Crippen LogP contribution in [0.15, 0.2) is 128 Å². The zero-order valence-electron chi connectivity index (χ0n) is 33.2. The van der Waals surface area contributed by atoms with Crippen molar-refractivity contribution in [3.8, 4) is 40.2 Å². The summed E-state index contributed by atoms with van der Waals surface area (Å²) in [6.45, 7) is 20.2. The molecule has 4 heterocycles. The fourth-order valence-electron chi connectivity index (χ4n) is 6.95. The standard InChI is InChI=1S/C48H48N6O/c1-46(2,3)33-21-23-50-44(28-33)54-41-18-14-13-17-39(41)40-20-19-37(29-42(40)54)55-38-22-24-49-43(30-38)53-31-52(45(51-53)32-15-11-10-12-16-32)36-26-34(47(4,5)6)25-35(27-36)48(7,8)9/h10-30H,1-9H3. The van der Waals surface area contributed by atoms with Gasteiger partial charge in [-0.15, -0.1) is 4.68 Å². The van der Waals surface area contributed by atoms with Crippen LogP contribution in [0.25, 0.3) is 50.5 Å². The summed E-state index contributed by atoms with van der Waals surface area (Å²) in [4.78, 5) is 9.57. The summed E-state index contributed by atoms with van der Waals surface area (Å²) in [7, 11) is 0. The molecule has 0 spiro atoms. The lowest BCUT2D eigenvalue weighted by Gasteiger charge is -2.27. The van der Waals surface area contributed by atoms with E-state index >= 15 is 0 Å². The molecule has 0 saturated carbocycles. The first-order valence-corrected chi connectivity index (χ1v) is 18.9. The summed E-state index contributed by atoms with van der Waals surface area (Å²) >= 11 is 0. The fourth-order valence-corrected chi connectivity index (χ4v) is 6.95. The van der Waals surface area contributed by atoms with Crippen molar-refractivity contribution in [3.05, 3.63) is 151 Å². The molecular formula is C48H48N6O. The number of pyridine rings is 2. The summed E-state index contributed by atoms with van der Waals surface area (Å²) in [5.74, 6) is 3.58. The highest BCUT2D eigenvalue weighted by Gasteiger charge is 2.24. The van der Waals surface area contributed by atoms with E-state index in [1.165, 1.54) is 16.7 Å². The van der Waals surface area contributed by atoms with Crippen molar-refractivity contribution in [1.29, 1.82) is 0 Å². The predicted octanol–water partition coefficient (Wildman–Crippen LogP) is 11.2. The zero-order chi connectivity index (χ0) is 38.7. The molecule has 0 bridgehead atoms. The van der Waals surface area contributed by atoms with E-state index in [2.05, 4.69) is 152 Å². The van der Waals surface area contributed by atoms with Crippen molar-refractivity contribution in [2.45, 2.75) is 78.6 Å². The van der Waals surface area contributed by atoms with Gasteiger partial charge in [-0.2, -0.15) is 0 Å². The third kappa shape index (κ3) is 7.03. The molecule has 0 aliphatic heterocycles. The Balaban J connectivity index is 1.21. The molecule has 55 heavy (non-hydrogen) atoms. The Labute approximate surface area is 323 Å². The Hall–Kier alpha value is -6.08. The summed E-state index contributed by atoms with van der Waals surface area (Å²) in [6.07, 6.45) is 7.19. The molecule has 7 nitrogen and oxygen atoms in total. The van der Waals surface area contributed by atoms with Crippen molar-refractivity contribution in [3.63, 3.8) is 0 Å². The smallest absolute Gasteiger partial charge is 0.231 e. The van der Waals surface area contributed by atoms with Gasteiger partial charge in [0.25, 0.3) is 0 Å². The van der Waals surface area contributed by atoms with E-state index in [9.17, 15) is 0 Å². The molecular weight excluding hydrogens is 677 g/mol. The van der Waals surface area contributed by atoms with E-state index in [4.69, 9.17) is 19.8 Å². The first-order chi connectivity index (χ1) is 26.1. The summed E-state index contributed by atoms with van der Waals surface area (Å²) in [5.41, 5.74) is 7.73. The number of para-hydroxylation sites is 1. The van der Waals surface area contributed by atoms with Gasteiger partial charge < -0.3 is 9.30 Å². The molecule has 0 fully saturated rings. The average molecular weight is 725 g/mol. The highest BCUT2D eigenvalue weighted by atomic mass is 16.5. The molecule has 4 aromatic heterocycles. The van der Waals surface area contributed by atoms with E-state index in [0.29, 0.717) is 17.3 Å². The molecule has 4 aromatic carbocycles. The first-order valence-electron chi connectivity index (χ1n) is 18.9. The molecule has 8 aromatic rings. The van der Waals surface area contributed by atoms with Gasteiger partial charge in [0.05, 0.1) is 11.0 Å². The Morgan fingerprint density at radius 3 is 1.87 bits per heavy atom. The van der Waals surface area contributed by atoms with Gasteiger partial charge in [0, 0.05) is 46.5 Å². The number of fused-ring (bicyclic) bond motifs is 3. The normalized spacial score (nSPS) is 12.5. The monoisotopic (exact) mass is 724 g/mol. The molecule has 0 aliphatic rings. The van der Waals surface area contributed by atoms with E-state index in [1.807, 2.05) is 47.2 Å². The number of benzene rings is 4. The maximum Gasteiger partial charge on any atom is 0.231 e. The van der Waals surface area contributed by atoms with Crippen LogP contribution >= 0.6 is 0 Å². The number of nitrogens with zero attached hydrogens (tertiary/aromatic N) is 6. The summed E-state index contributed by atoms with van der Waals surface area (Å²) in [5, 5.41) is 7.39. The van der Waals surface area contributed by atoms with Gasteiger partial charge in [0.1, 0.15) is 17.3 Å². The van der Waals surface area contributed by atoms with E-state index in [-0.39, 0.29) is 16.2 Å². The highest BCUT2D eigenvalue weighted by Crippen LogP contribution is 2.36. The van der Waals surface area contributed by atoms with Crippen LogP contribution in [0, 0.1) is 6.33 Å². The Morgan fingerprint density at radius 1 is 0.545 bits per heavy atom. The topological polar surface area (TPSA) is 61.6 Å². The molecule has 0 radical (unpaired) electrons. The average Bonchev–Trinajstić information content (AvgIpc) is 3.74. The van der Waals surface area contributed by atoms with Crippen LogP contribution < -0.4 is 9.30 Å². The third-order valence-electron chi connectivity index (χ3n) is 10.2. The van der Waals surface area contributed by atoms with Crippen molar-refractivity contribution >= 4 is 21.8 Å².